The van der Waals surface area contributed by atoms with Crippen LogP contribution in [0.2, 0.25) is 0 Å². The van der Waals surface area contributed by atoms with E-state index >= 15 is 0 Å². The molecular formula is C19H27NO2. The molecule has 0 N–H and O–H groups in total. The number of aryl methyl sites for hydroxylation is 2. The van der Waals surface area contributed by atoms with E-state index in [1.165, 1.54) is 6.42 Å². The van der Waals surface area contributed by atoms with Crippen LogP contribution in [0.1, 0.15) is 49.3 Å². The molecule has 1 saturated heterocycles. The number of ether oxygens (including phenoxy) is 1. The quantitative estimate of drug-likeness (QED) is 0.783. The van der Waals surface area contributed by atoms with E-state index in [0.29, 0.717) is 6.04 Å². The Balaban J connectivity index is 2.16. The number of benzene rings is 1. The molecule has 0 aliphatic carbocycles. The number of likely N-dealkylation sites (tertiary alicyclic amines) is 1. The molecule has 0 saturated carbocycles. The van der Waals surface area contributed by atoms with Crippen LogP contribution in [0.3, 0.4) is 0 Å². The van der Waals surface area contributed by atoms with Crippen LogP contribution in [0.5, 0.6) is 5.75 Å². The summed E-state index contributed by atoms with van der Waals surface area (Å²) in [6.45, 7) is 7.16. The normalized spacial score (nSPS) is 18.7. The Morgan fingerprint density at radius 2 is 2.00 bits per heavy atom. The van der Waals surface area contributed by atoms with Crippen LogP contribution >= 0.6 is 0 Å². The number of nitrogens with zero attached hydrogens (tertiary/aromatic N) is 1. The van der Waals surface area contributed by atoms with E-state index in [-0.39, 0.29) is 5.91 Å². The number of piperidine rings is 1. The number of carbonyl (C=O) groups is 1. The van der Waals surface area contributed by atoms with E-state index in [4.69, 9.17) is 4.74 Å². The summed E-state index contributed by atoms with van der Waals surface area (Å²) >= 11 is 0. The number of rotatable bonds is 4. The lowest BCUT2D eigenvalue weighted by molar-refractivity contribution is -0.129. The van der Waals surface area contributed by atoms with Gasteiger partial charge in [-0.3, -0.25) is 4.79 Å². The third-order valence-corrected chi connectivity index (χ3v) is 4.58. The molecule has 1 aliphatic rings. The van der Waals surface area contributed by atoms with Gasteiger partial charge in [-0.15, -0.1) is 0 Å². The van der Waals surface area contributed by atoms with Gasteiger partial charge in [0.15, 0.2) is 0 Å². The number of methoxy groups -OCH3 is 1. The number of carbonyl (C=O) groups excluding carboxylic acids is 1. The maximum atomic E-state index is 12.5. The Kier molecular flexibility index (Phi) is 5.64. The zero-order valence-corrected chi connectivity index (χ0v) is 14.2. The van der Waals surface area contributed by atoms with Crippen molar-refractivity contribution in [1.29, 1.82) is 0 Å². The topological polar surface area (TPSA) is 29.5 Å². The Morgan fingerprint density at radius 3 is 2.59 bits per heavy atom. The summed E-state index contributed by atoms with van der Waals surface area (Å²) in [7, 11) is 1.68. The lowest BCUT2D eigenvalue weighted by Gasteiger charge is -2.34. The third kappa shape index (κ3) is 3.70. The number of amides is 1. The molecule has 1 unspecified atom stereocenters. The summed E-state index contributed by atoms with van der Waals surface area (Å²) in [6, 6.07) is 4.42. The Labute approximate surface area is 134 Å². The second-order valence-electron chi connectivity index (χ2n) is 6.10. The lowest BCUT2D eigenvalue weighted by atomic mass is 9.99. The van der Waals surface area contributed by atoms with Crippen LogP contribution in [0, 0.1) is 13.8 Å². The molecule has 120 valence electrons. The molecule has 1 aromatic rings. The summed E-state index contributed by atoms with van der Waals surface area (Å²) in [5.74, 6) is 1.00. The SMILES string of the molecule is CCC1CCCCN1C(=O)/C=C/c1c(C)cc(OC)cc1C. The third-order valence-electron chi connectivity index (χ3n) is 4.58. The van der Waals surface area contributed by atoms with E-state index in [0.717, 1.165) is 48.2 Å². The highest BCUT2D eigenvalue weighted by molar-refractivity contribution is 5.92. The molecule has 1 atom stereocenters. The molecule has 0 aromatic heterocycles. The summed E-state index contributed by atoms with van der Waals surface area (Å²) < 4.78 is 5.28. The zero-order chi connectivity index (χ0) is 16.1. The van der Waals surface area contributed by atoms with Crippen LogP contribution in [0.25, 0.3) is 6.08 Å². The van der Waals surface area contributed by atoms with Gasteiger partial charge in [-0.25, -0.2) is 0 Å². The van der Waals surface area contributed by atoms with E-state index in [9.17, 15) is 4.79 Å². The van der Waals surface area contributed by atoms with Crippen molar-refractivity contribution < 1.29 is 9.53 Å². The molecule has 3 nitrogen and oxygen atoms in total. The molecule has 1 aliphatic heterocycles. The summed E-state index contributed by atoms with van der Waals surface area (Å²) in [4.78, 5) is 14.5. The predicted octanol–water partition coefficient (Wildman–Crippen LogP) is 4.12. The minimum Gasteiger partial charge on any atom is -0.497 e. The van der Waals surface area contributed by atoms with Crippen molar-refractivity contribution in [2.75, 3.05) is 13.7 Å². The highest BCUT2D eigenvalue weighted by Crippen LogP contribution is 2.24. The van der Waals surface area contributed by atoms with Gasteiger partial charge in [0.1, 0.15) is 5.75 Å². The van der Waals surface area contributed by atoms with Gasteiger partial charge in [0, 0.05) is 18.7 Å². The number of hydrogen-bond acceptors (Lipinski definition) is 2. The van der Waals surface area contributed by atoms with Gasteiger partial charge in [-0.05, 0) is 74.4 Å². The Morgan fingerprint density at radius 1 is 1.32 bits per heavy atom. The van der Waals surface area contributed by atoms with Gasteiger partial charge >= 0.3 is 0 Å². The Bertz CT molecular complexity index is 540. The van der Waals surface area contributed by atoms with Crippen molar-refractivity contribution in [2.24, 2.45) is 0 Å². The average Bonchev–Trinajstić information content (AvgIpc) is 2.53. The van der Waals surface area contributed by atoms with Gasteiger partial charge in [0.2, 0.25) is 5.91 Å². The van der Waals surface area contributed by atoms with Crippen molar-refractivity contribution >= 4 is 12.0 Å². The minimum absolute atomic E-state index is 0.140. The van der Waals surface area contributed by atoms with Crippen molar-refractivity contribution in [2.45, 2.75) is 52.5 Å². The highest BCUT2D eigenvalue weighted by atomic mass is 16.5. The molecule has 3 heteroatoms. The fourth-order valence-corrected chi connectivity index (χ4v) is 3.28. The molecule has 0 spiro atoms. The van der Waals surface area contributed by atoms with Crippen molar-refractivity contribution in [3.63, 3.8) is 0 Å². The second-order valence-corrected chi connectivity index (χ2v) is 6.10. The second kappa shape index (κ2) is 7.48. The standard InChI is InChI=1S/C19H27NO2/c1-5-16-8-6-7-11-20(16)19(21)10-9-18-14(2)12-17(22-4)13-15(18)3/h9-10,12-13,16H,5-8,11H2,1-4H3/b10-9+. The average molecular weight is 301 g/mol. The molecule has 1 aromatic carbocycles. The van der Waals surface area contributed by atoms with Crippen LogP contribution in [-0.4, -0.2) is 30.5 Å². The minimum atomic E-state index is 0.140. The van der Waals surface area contributed by atoms with Crippen LogP contribution in [0.15, 0.2) is 18.2 Å². The number of hydrogen-bond donors (Lipinski definition) is 0. The van der Waals surface area contributed by atoms with Gasteiger partial charge in [0.25, 0.3) is 0 Å². The Hall–Kier alpha value is -1.77. The molecule has 1 heterocycles. The maximum Gasteiger partial charge on any atom is 0.246 e. The molecule has 0 radical (unpaired) electrons. The van der Waals surface area contributed by atoms with Gasteiger partial charge in [-0.1, -0.05) is 6.92 Å². The van der Waals surface area contributed by atoms with E-state index in [1.807, 2.05) is 23.1 Å². The molecule has 22 heavy (non-hydrogen) atoms. The van der Waals surface area contributed by atoms with Crippen LogP contribution < -0.4 is 4.74 Å². The first-order chi connectivity index (χ1) is 10.6. The predicted molar refractivity (Wildman–Crippen MR) is 91.1 cm³/mol. The smallest absolute Gasteiger partial charge is 0.246 e. The maximum absolute atomic E-state index is 12.5. The van der Waals surface area contributed by atoms with Gasteiger partial charge < -0.3 is 9.64 Å². The molecule has 1 amide bonds. The van der Waals surface area contributed by atoms with E-state index in [1.54, 1.807) is 13.2 Å². The van der Waals surface area contributed by atoms with Crippen LogP contribution in [-0.2, 0) is 4.79 Å². The monoisotopic (exact) mass is 301 g/mol. The van der Waals surface area contributed by atoms with E-state index in [2.05, 4.69) is 20.8 Å². The molecular weight excluding hydrogens is 274 g/mol. The fraction of sp³-hybridized carbons (Fsp3) is 0.526. The van der Waals surface area contributed by atoms with Crippen molar-refractivity contribution in [3.8, 4) is 5.75 Å². The van der Waals surface area contributed by atoms with Gasteiger partial charge in [-0.2, -0.15) is 0 Å². The summed E-state index contributed by atoms with van der Waals surface area (Å²) in [5.41, 5.74) is 3.37. The van der Waals surface area contributed by atoms with E-state index < -0.39 is 0 Å². The molecule has 0 bridgehead atoms. The van der Waals surface area contributed by atoms with Crippen molar-refractivity contribution in [1.82, 2.24) is 4.90 Å². The fourth-order valence-electron chi connectivity index (χ4n) is 3.28. The van der Waals surface area contributed by atoms with Gasteiger partial charge in [0.05, 0.1) is 7.11 Å². The summed E-state index contributed by atoms with van der Waals surface area (Å²) in [5, 5.41) is 0. The first-order valence-corrected chi connectivity index (χ1v) is 8.20. The lowest BCUT2D eigenvalue weighted by Crippen LogP contribution is -2.42. The zero-order valence-electron chi connectivity index (χ0n) is 14.2. The largest absolute Gasteiger partial charge is 0.497 e. The molecule has 1 fully saturated rings. The first kappa shape index (κ1) is 16.6. The molecule has 2 rings (SSSR count). The van der Waals surface area contributed by atoms with Crippen molar-refractivity contribution in [3.05, 3.63) is 34.9 Å². The van der Waals surface area contributed by atoms with Crippen LogP contribution in [0.4, 0.5) is 0 Å². The first-order valence-electron chi connectivity index (χ1n) is 8.20. The highest BCUT2D eigenvalue weighted by Gasteiger charge is 2.23. The summed E-state index contributed by atoms with van der Waals surface area (Å²) in [6.07, 6.45) is 8.22.